The first-order valence-electron chi connectivity index (χ1n) is 5.94. The van der Waals surface area contributed by atoms with E-state index in [1.165, 1.54) is 25.3 Å². The van der Waals surface area contributed by atoms with Crippen LogP contribution in [-0.4, -0.2) is 13.4 Å². The lowest BCUT2D eigenvalue weighted by molar-refractivity contribution is 0.111. The van der Waals surface area contributed by atoms with E-state index in [1.54, 1.807) is 0 Å². The Balaban J connectivity index is 2.26. The summed E-state index contributed by atoms with van der Waals surface area (Å²) in [4.78, 5) is 11.1. The van der Waals surface area contributed by atoms with E-state index < -0.39 is 11.6 Å². The van der Waals surface area contributed by atoms with E-state index in [1.807, 2.05) is 0 Å². The normalized spacial score (nSPS) is 10.3. The first kappa shape index (κ1) is 15.3. The fraction of sp³-hybridized carbons (Fsp3) is 0.133. The Morgan fingerprint density at radius 1 is 1.19 bits per heavy atom. The van der Waals surface area contributed by atoms with Crippen molar-refractivity contribution in [3.8, 4) is 11.5 Å². The molecule has 0 atom stereocenters. The molecule has 21 heavy (non-hydrogen) atoms. The minimum atomic E-state index is -0.963. The predicted octanol–water partition coefficient (Wildman–Crippen LogP) is 4.02. The molecular weight excluding hydrogens is 302 g/mol. The molecule has 0 aliphatic rings. The summed E-state index contributed by atoms with van der Waals surface area (Å²) in [5.41, 5.74) is 0.629. The Labute approximate surface area is 125 Å². The van der Waals surface area contributed by atoms with Crippen LogP contribution in [0.1, 0.15) is 15.9 Å². The smallest absolute Gasteiger partial charge is 0.172 e. The maximum Gasteiger partial charge on any atom is 0.172 e. The van der Waals surface area contributed by atoms with Gasteiger partial charge in [0.05, 0.1) is 12.7 Å². The van der Waals surface area contributed by atoms with Gasteiger partial charge in [-0.25, -0.2) is 8.78 Å². The second-order valence-electron chi connectivity index (χ2n) is 4.18. The van der Waals surface area contributed by atoms with Crippen LogP contribution in [0.25, 0.3) is 0 Å². The lowest BCUT2D eigenvalue weighted by Crippen LogP contribution is -2.02. The third kappa shape index (κ3) is 3.49. The number of carbonyl (C=O) groups excluding carboxylic acids is 1. The minimum Gasteiger partial charge on any atom is -0.493 e. The van der Waals surface area contributed by atoms with Gasteiger partial charge in [-0.15, -0.1) is 0 Å². The topological polar surface area (TPSA) is 35.5 Å². The number of methoxy groups -OCH3 is 1. The second kappa shape index (κ2) is 6.54. The highest BCUT2D eigenvalue weighted by Gasteiger charge is 2.13. The van der Waals surface area contributed by atoms with Crippen molar-refractivity contribution in [2.75, 3.05) is 7.11 Å². The maximum absolute atomic E-state index is 13.1. The first-order chi connectivity index (χ1) is 10.0. The molecule has 0 bridgehead atoms. The maximum atomic E-state index is 13.1. The average molecular weight is 313 g/mol. The zero-order chi connectivity index (χ0) is 15.4. The van der Waals surface area contributed by atoms with Gasteiger partial charge in [0.15, 0.2) is 29.4 Å². The Hall–Kier alpha value is -2.14. The van der Waals surface area contributed by atoms with Crippen molar-refractivity contribution in [1.29, 1.82) is 0 Å². The Bertz CT molecular complexity index is 674. The predicted molar refractivity (Wildman–Crippen MR) is 74.1 cm³/mol. The minimum absolute atomic E-state index is 0.0456. The molecule has 0 N–H and O–H groups in total. The van der Waals surface area contributed by atoms with Crippen molar-refractivity contribution >= 4 is 17.9 Å². The number of benzene rings is 2. The monoisotopic (exact) mass is 312 g/mol. The van der Waals surface area contributed by atoms with E-state index in [0.717, 1.165) is 12.1 Å². The summed E-state index contributed by atoms with van der Waals surface area (Å²) in [7, 11) is 1.41. The molecule has 110 valence electrons. The number of hydrogen-bond acceptors (Lipinski definition) is 3. The molecule has 2 aromatic carbocycles. The van der Waals surface area contributed by atoms with Crippen LogP contribution >= 0.6 is 11.6 Å². The molecule has 0 unspecified atom stereocenters. The number of carbonyl (C=O) groups is 1. The summed E-state index contributed by atoms with van der Waals surface area (Å²) in [6.07, 6.45) is 0.578. The van der Waals surface area contributed by atoms with Crippen LogP contribution in [0.4, 0.5) is 8.78 Å². The molecule has 0 aliphatic carbocycles. The van der Waals surface area contributed by atoms with Crippen LogP contribution in [0.3, 0.4) is 0 Å². The molecule has 0 amide bonds. The van der Waals surface area contributed by atoms with E-state index in [2.05, 4.69) is 0 Å². The van der Waals surface area contributed by atoms with Gasteiger partial charge in [0.25, 0.3) is 0 Å². The summed E-state index contributed by atoms with van der Waals surface area (Å²) in [6, 6.07) is 6.35. The summed E-state index contributed by atoms with van der Waals surface area (Å²) in [5, 5.41) is 0.328. The molecule has 2 rings (SSSR count). The summed E-state index contributed by atoms with van der Waals surface area (Å²) < 4.78 is 36.5. The molecule has 0 radical (unpaired) electrons. The fourth-order valence-electron chi connectivity index (χ4n) is 1.77. The molecule has 0 saturated carbocycles. The molecular formula is C15H11ClF2O3. The van der Waals surface area contributed by atoms with E-state index >= 15 is 0 Å². The lowest BCUT2D eigenvalue weighted by Gasteiger charge is -2.13. The molecule has 0 spiro atoms. The van der Waals surface area contributed by atoms with E-state index in [0.29, 0.717) is 16.9 Å². The van der Waals surface area contributed by atoms with Crippen molar-refractivity contribution in [2.45, 2.75) is 6.61 Å². The molecule has 0 fully saturated rings. The third-order valence-electron chi connectivity index (χ3n) is 2.76. The summed E-state index contributed by atoms with van der Waals surface area (Å²) >= 11 is 5.85. The number of ether oxygens (including phenoxy) is 2. The van der Waals surface area contributed by atoms with Crippen LogP contribution < -0.4 is 9.47 Å². The highest BCUT2D eigenvalue weighted by Crippen LogP contribution is 2.34. The van der Waals surface area contributed by atoms with E-state index in [-0.39, 0.29) is 23.7 Å². The first-order valence-corrected chi connectivity index (χ1v) is 6.32. The Kier molecular flexibility index (Phi) is 4.75. The number of halogens is 3. The van der Waals surface area contributed by atoms with Crippen LogP contribution in [0, 0.1) is 11.6 Å². The van der Waals surface area contributed by atoms with Gasteiger partial charge >= 0.3 is 0 Å². The zero-order valence-corrected chi connectivity index (χ0v) is 11.8. The second-order valence-corrected chi connectivity index (χ2v) is 4.62. The van der Waals surface area contributed by atoms with Gasteiger partial charge in [-0.2, -0.15) is 0 Å². The third-order valence-corrected chi connectivity index (χ3v) is 2.98. The number of aldehydes is 1. The van der Waals surface area contributed by atoms with Gasteiger partial charge in [-0.1, -0.05) is 17.7 Å². The van der Waals surface area contributed by atoms with Gasteiger partial charge in [0.1, 0.15) is 6.61 Å². The van der Waals surface area contributed by atoms with Crippen LogP contribution in [0.2, 0.25) is 5.02 Å². The van der Waals surface area contributed by atoms with E-state index in [9.17, 15) is 13.6 Å². The van der Waals surface area contributed by atoms with Crippen molar-refractivity contribution in [3.63, 3.8) is 0 Å². The van der Waals surface area contributed by atoms with Crippen LogP contribution in [-0.2, 0) is 6.61 Å². The summed E-state index contributed by atoms with van der Waals surface area (Å²) in [6.45, 7) is -0.0456. The highest BCUT2D eigenvalue weighted by molar-refractivity contribution is 6.31. The average Bonchev–Trinajstić information content (AvgIpc) is 2.48. The van der Waals surface area contributed by atoms with Gasteiger partial charge in [0, 0.05) is 11.1 Å². The van der Waals surface area contributed by atoms with Crippen molar-refractivity contribution in [2.24, 2.45) is 0 Å². The van der Waals surface area contributed by atoms with Crippen LogP contribution in [0.15, 0.2) is 30.3 Å². The fourth-order valence-corrected chi connectivity index (χ4v) is 1.98. The van der Waals surface area contributed by atoms with Crippen molar-refractivity contribution in [3.05, 3.63) is 58.1 Å². The van der Waals surface area contributed by atoms with E-state index in [4.69, 9.17) is 21.1 Å². The molecule has 0 saturated heterocycles. The largest absolute Gasteiger partial charge is 0.493 e. The molecule has 0 aromatic heterocycles. The lowest BCUT2D eigenvalue weighted by atomic mass is 10.2. The van der Waals surface area contributed by atoms with Gasteiger partial charge in [-0.05, 0) is 23.8 Å². The zero-order valence-electron chi connectivity index (χ0n) is 11.0. The highest BCUT2D eigenvalue weighted by atomic mass is 35.5. The van der Waals surface area contributed by atoms with Crippen LogP contribution in [0.5, 0.6) is 11.5 Å². The standard InChI is InChI=1S/C15H11ClF2O3/c1-20-14-6-11(16)5-10(7-19)15(14)21-8-9-2-3-12(17)13(18)4-9/h2-7H,8H2,1H3. The Morgan fingerprint density at radius 2 is 1.95 bits per heavy atom. The van der Waals surface area contributed by atoms with Gasteiger partial charge in [-0.3, -0.25) is 4.79 Å². The quantitative estimate of drug-likeness (QED) is 0.782. The van der Waals surface area contributed by atoms with Gasteiger partial charge < -0.3 is 9.47 Å². The van der Waals surface area contributed by atoms with Crippen molar-refractivity contribution < 1.29 is 23.0 Å². The molecule has 6 heteroatoms. The SMILES string of the molecule is COc1cc(Cl)cc(C=O)c1OCc1ccc(F)c(F)c1. The number of hydrogen-bond donors (Lipinski definition) is 0. The van der Waals surface area contributed by atoms with Gasteiger partial charge in [0.2, 0.25) is 0 Å². The number of rotatable bonds is 5. The molecule has 0 heterocycles. The molecule has 3 nitrogen and oxygen atoms in total. The summed E-state index contributed by atoms with van der Waals surface area (Å²) in [5.74, 6) is -1.42. The molecule has 2 aromatic rings. The Morgan fingerprint density at radius 3 is 2.57 bits per heavy atom. The van der Waals surface area contributed by atoms with Crippen molar-refractivity contribution in [1.82, 2.24) is 0 Å². The molecule has 0 aliphatic heterocycles.